The first-order valence-corrected chi connectivity index (χ1v) is 5.13. The van der Waals surface area contributed by atoms with E-state index >= 15 is 0 Å². The zero-order chi connectivity index (χ0) is 11.8. The second-order valence-corrected chi connectivity index (χ2v) is 2.65. The average Bonchev–Trinajstić information content (AvgIpc) is 2.63. The van der Waals surface area contributed by atoms with Crippen LogP contribution in [0.25, 0.3) is 11.2 Å². The van der Waals surface area contributed by atoms with Gasteiger partial charge in [0.15, 0.2) is 5.65 Å². The predicted molar refractivity (Wildman–Crippen MR) is 64.8 cm³/mol. The lowest BCUT2D eigenvalue weighted by Crippen LogP contribution is -1.80. The van der Waals surface area contributed by atoms with Crippen molar-refractivity contribution in [3.8, 4) is 0 Å². The van der Waals surface area contributed by atoms with Gasteiger partial charge in [0.05, 0.1) is 5.52 Å². The highest BCUT2D eigenvalue weighted by atomic mass is 15.0. The Labute approximate surface area is 90.9 Å². The molecule has 2 heterocycles. The zero-order valence-corrected chi connectivity index (χ0v) is 10.1. The van der Waals surface area contributed by atoms with Crippen molar-refractivity contribution < 1.29 is 0 Å². The fourth-order valence-electron chi connectivity index (χ4n) is 1.11. The fraction of sp³-hybridized carbons (Fsp3) is 0.455. The Morgan fingerprint density at radius 2 is 1.67 bits per heavy atom. The Hall–Kier alpha value is -1.42. The maximum absolute atomic E-state index is 4.50. The van der Waals surface area contributed by atoms with Crippen LogP contribution in [0.2, 0.25) is 0 Å². The third-order valence-corrected chi connectivity index (χ3v) is 1.60. The molecule has 0 fully saturated rings. The highest BCUT2D eigenvalue weighted by Gasteiger charge is 1.98. The van der Waals surface area contributed by atoms with E-state index in [2.05, 4.69) is 20.7 Å². The topological polar surface area (TPSA) is 67.6 Å². The van der Waals surface area contributed by atoms with Crippen molar-refractivity contribution >= 4 is 11.2 Å². The van der Waals surface area contributed by atoms with E-state index in [-0.39, 0.29) is 0 Å². The smallest absolute Gasteiger partial charge is 0.177 e. The molecule has 0 saturated carbocycles. The number of pyridine rings is 1. The van der Waals surface area contributed by atoms with Crippen LogP contribution < -0.4 is 5.73 Å². The van der Waals surface area contributed by atoms with Crippen LogP contribution in [0.5, 0.6) is 0 Å². The monoisotopic (exact) mass is 208 g/mol. The maximum atomic E-state index is 4.50. The van der Waals surface area contributed by atoms with E-state index in [4.69, 9.17) is 0 Å². The average molecular weight is 208 g/mol. The second kappa shape index (κ2) is 6.95. The zero-order valence-electron chi connectivity index (χ0n) is 10.1. The number of aryl methyl sites for hydroxylation is 2. The molecule has 0 saturated heterocycles. The van der Waals surface area contributed by atoms with Crippen LogP contribution in [0, 0.1) is 13.8 Å². The Balaban J connectivity index is 0.000000442. The van der Waals surface area contributed by atoms with Crippen LogP contribution in [-0.2, 0) is 0 Å². The van der Waals surface area contributed by atoms with Gasteiger partial charge in [-0.25, -0.2) is 9.97 Å². The third-order valence-electron chi connectivity index (χ3n) is 1.60. The van der Waals surface area contributed by atoms with Gasteiger partial charge in [-0.2, -0.15) is 0 Å². The van der Waals surface area contributed by atoms with Gasteiger partial charge < -0.3 is 10.7 Å². The number of nitrogens with zero attached hydrogens (tertiary/aromatic N) is 2. The molecule has 3 N–H and O–H groups in total. The Morgan fingerprint density at radius 1 is 1.07 bits per heavy atom. The Morgan fingerprint density at radius 3 is 2.27 bits per heavy atom. The van der Waals surface area contributed by atoms with Gasteiger partial charge in [0.25, 0.3) is 0 Å². The number of nitrogens with one attached hydrogen (secondary N) is 1. The Kier molecular flexibility index (Phi) is 6.29. The van der Waals surface area contributed by atoms with Crippen molar-refractivity contribution in [1.82, 2.24) is 15.0 Å². The summed E-state index contributed by atoms with van der Waals surface area (Å²) < 4.78 is 0. The first kappa shape index (κ1) is 13.6. The van der Waals surface area contributed by atoms with Crippen LogP contribution >= 0.6 is 0 Å². The first-order chi connectivity index (χ1) is 7.25. The van der Waals surface area contributed by atoms with E-state index in [0.717, 1.165) is 22.7 Å². The van der Waals surface area contributed by atoms with E-state index in [1.54, 1.807) is 0 Å². The summed E-state index contributed by atoms with van der Waals surface area (Å²) in [6.45, 7) is 7.89. The van der Waals surface area contributed by atoms with E-state index in [1.807, 2.05) is 39.8 Å². The van der Waals surface area contributed by atoms with Crippen molar-refractivity contribution in [2.24, 2.45) is 5.73 Å². The largest absolute Gasteiger partial charge is 0.341 e. The van der Waals surface area contributed by atoms with E-state index < -0.39 is 0 Å². The van der Waals surface area contributed by atoms with Gasteiger partial charge in [0, 0.05) is 5.69 Å². The first-order valence-electron chi connectivity index (χ1n) is 5.13. The van der Waals surface area contributed by atoms with E-state index in [1.165, 1.54) is 7.05 Å². The molecular formula is C11H20N4. The molecule has 0 aliphatic carbocycles. The van der Waals surface area contributed by atoms with Gasteiger partial charge in [-0.05, 0) is 33.0 Å². The molecule has 0 aliphatic rings. The number of aromatic amines is 1. The summed E-state index contributed by atoms with van der Waals surface area (Å²) >= 11 is 0. The lowest BCUT2D eigenvalue weighted by Gasteiger charge is -1.88. The second-order valence-electron chi connectivity index (χ2n) is 2.65. The standard InChI is InChI=1S/C8H9N3.C2H6.CH5N/c1-5-3-4-7-8(9-5)11-6(2)10-7;2*1-2/h3-4H,1-2H3,(H,9,10,11);1-2H3;2H2,1H3. The molecule has 2 aromatic rings. The summed E-state index contributed by atoms with van der Waals surface area (Å²) in [7, 11) is 1.50. The summed E-state index contributed by atoms with van der Waals surface area (Å²) in [6, 6.07) is 3.97. The number of hydrogen-bond acceptors (Lipinski definition) is 3. The molecule has 0 aromatic carbocycles. The molecule has 0 radical (unpaired) electrons. The summed E-state index contributed by atoms with van der Waals surface area (Å²) in [6.07, 6.45) is 0. The lowest BCUT2D eigenvalue weighted by atomic mass is 10.4. The summed E-state index contributed by atoms with van der Waals surface area (Å²) in [5.41, 5.74) is 7.32. The number of nitrogens with two attached hydrogens (primary N) is 1. The number of imidazole rings is 1. The SMILES string of the molecule is CC.CN.Cc1ccc2[nH]c(C)nc2n1. The summed E-state index contributed by atoms with van der Waals surface area (Å²) in [5.74, 6) is 0.915. The van der Waals surface area contributed by atoms with Crippen molar-refractivity contribution in [2.75, 3.05) is 7.05 Å². The number of rotatable bonds is 0. The number of aromatic nitrogens is 3. The van der Waals surface area contributed by atoms with Crippen LogP contribution in [-0.4, -0.2) is 22.0 Å². The van der Waals surface area contributed by atoms with Crippen LogP contribution in [0.1, 0.15) is 25.4 Å². The van der Waals surface area contributed by atoms with Crippen molar-refractivity contribution in [3.63, 3.8) is 0 Å². The van der Waals surface area contributed by atoms with Gasteiger partial charge in [-0.15, -0.1) is 0 Å². The number of hydrogen-bond donors (Lipinski definition) is 2. The molecule has 4 nitrogen and oxygen atoms in total. The van der Waals surface area contributed by atoms with Gasteiger partial charge in [-0.1, -0.05) is 13.8 Å². The molecular weight excluding hydrogens is 188 g/mol. The van der Waals surface area contributed by atoms with Gasteiger partial charge in [0.2, 0.25) is 0 Å². The Bertz CT molecular complexity index is 392. The molecule has 0 atom stereocenters. The molecule has 0 bridgehead atoms. The maximum Gasteiger partial charge on any atom is 0.177 e. The quantitative estimate of drug-likeness (QED) is 0.697. The van der Waals surface area contributed by atoms with Gasteiger partial charge in [0.1, 0.15) is 5.82 Å². The minimum Gasteiger partial charge on any atom is -0.341 e. The number of fused-ring (bicyclic) bond motifs is 1. The van der Waals surface area contributed by atoms with Crippen molar-refractivity contribution in [1.29, 1.82) is 0 Å². The lowest BCUT2D eigenvalue weighted by molar-refractivity contribution is 1.15. The number of H-pyrrole nitrogens is 1. The minimum absolute atomic E-state index is 0.808. The van der Waals surface area contributed by atoms with E-state index in [9.17, 15) is 0 Å². The summed E-state index contributed by atoms with van der Waals surface area (Å²) in [5, 5.41) is 0. The highest BCUT2D eigenvalue weighted by molar-refractivity contribution is 5.70. The van der Waals surface area contributed by atoms with Gasteiger partial charge in [-0.3, -0.25) is 0 Å². The van der Waals surface area contributed by atoms with Crippen molar-refractivity contribution in [3.05, 3.63) is 23.7 Å². The van der Waals surface area contributed by atoms with Crippen LogP contribution in [0.15, 0.2) is 12.1 Å². The van der Waals surface area contributed by atoms with Crippen LogP contribution in [0.4, 0.5) is 0 Å². The molecule has 0 spiro atoms. The molecule has 0 aliphatic heterocycles. The van der Waals surface area contributed by atoms with Crippen LogP contribution in [0.3, 0.4) is 0 Å². The third kappa shape index (κ3) is 3.67. The summed E-state index contributed by atoms with van der Waals surface area (Å²) in [4.78, 5) is 11.6. The van der Waals surface area contributed by atoms with Crippen molar-refractivity contribution in [2.45, 2.75) is 27.7 Å². The minimum atomic E-state index is 0.808. The highest BCUT2D eigenvalue weighted by Crippen LogP contribution is 2.08. The molecule has 2 rings (SSSR count). The predicted octanol–water partition coefficient (Wildman–Crippen LogP) is 2.18. The normalized spacial score (nSPS) is 8.67. The molecule has 2 aromatic heterocycles. The molecule has 0 unspecified atom stereocenters. The molecule has 4 heteroatoms. The molecule has 0 amide bonds. The fourth-order valence-corrected chi connectivity index (χ4v) is 1.11. The van der Waals surface area contributed by atoms with Gasteiger partial charge >= 0.3 is 0 Å². The molecule has 84 valence electrons. The van der Waals surface area contributed by atoms with E-state index in [0.29, 0.717) is 0 Å². The molecule has 15 heavy (non-hydrogen) atoms.